The Morgan fingerprint density at radius 1 is 1.11 bits per heavy atom. The number of rotatable bonds is 1. The number of nitrogens with zero attached hydrogens (tertiary/aromatic N) is 4. The predicted octanol–water partition coefficient (Wildman–Crippen LogP) is 2.26. The van der Waals surface area contributed by atoms with Crippen molar-refractivity contribution in [3.05, 3.63) is 57.9 Å². The molecule has 4 rings (SSSR count). The molecule has 0 bridgehead atoms. The van der Waals surface area contributed by atoms with Crippen LogP contribution in [-0.4, -0.2) is 22.8 Å². The topological polar surface area (TPSA) is 98.5 Å². The van der Waals surface area contributed by atoms with Gasteiger partial charge < -0.3 is 19.6 Å². The normalized spacial score (nSPS) is 13.6. The van der Waals surface area contributed by atoms with E-state index in [1.165, 1.54) is 0 Å². The molecule has 0 amide bonds. The molecule has 0 aliphatic carbocycles. The molecular formula is C20H19N5O2. The van der Waals surface area contributed by atoms with Crippen LogP contribution in [0.2, 0.25) is 0 Å². The van der Waals surface area contributed by atoms with Crippen LogP contribution in [0.5, 0.6) is 5.75 Å². The van der Waals surface area contributed by atoms with Gasteiger partial charge in [0.05, 0.1) is 40.8 Å². The summed E-state index contributed by atoms with van der Waals surface area (Å²) in [6, 6.07) is 12.6. The third-order valence-corrected chi connectivity index (χ3v) is 5.05. The number of hydrogen-bond donors (Lipinski definition) is 2. The van der Waals surface area contributed by atoms with Gasteiger partial charge >= 0.3 is 0 Å². The van der Waals surface area contributed by atoms with Crippen LogP contribution >= 0.6 is 0 Å². The van der Waals surface area contributed by atoms with Crippen molar-refractivity contribution >= 4 is 28.0 Å². The van der Waals surface area contributed by atoms with Crippen LogP contribution in [0.15, 0.2) is 41.2 Å². The Bertz CT molecular complexity index is 1180. The highest BCUT2D eigenvalue weighted by molar-refractivity contribution is 5.97. The summed E-state index contributed by atoms with van der Waals surface area (Å²) in [5.41, 5.74) is 4.07. The van der Waals surface area contributed by atoms with Crippen molar-refractivity contribution in [3.8, 4) is 11.8 Å². The molecule has 3 aromatic rings. The zero-order valence-corrected chi connectivity index (χ0v) is 15.1. The zero-order valence-electron chi connectivity index (χ0n) is 15.1. The number of pyridine rings is 1. The molecule has 0 saturated heterocycles. The molecular weight excluding hydrogens is 342 g/mol. The first-order valence-corrected chi connectivity index (χ1v) is 8.58. The van der Waals surface area contributed by atoms with Crippen molar-refractivity contribution in [2.75, 3.05) is 23.0 Å². The summed E-state index contributed by atoms with van der Waals surface area (Å²) in [5.74, 6) is 6.19. The number of phenols is 1. The lowest BCUT2D eigenvalue weighted by molar-refractivity contribution is 0.476. The van der Waals surface area contributed by atoms with E-state index in [4.69, 9.17) is 5.84 Å². The molecule has 7 heteroatoms. The van der Waals surface area contributed by atoms with Crippen LogP contribution in [0.25, 0.3) is 10.9 Å². The lowest BCUT2D eigenvalue weighted by atomic mass is 10.1. The van der Waals surface area contributed by atoms with Gasteiger partial charge in [-0.15, -0.1) is 0 Å². The number of hydrogen-bond acceptors (Lipinski definition) is 6. The Labute approximate surface area is 156 Å². The lowest BCUT2D eigenvalue weighted by Gasteiger charge is -2.37. The van der Waals surface area contributed by atoms with E-state index in [1.54, 1.807) is 47.8 Å². The molecule has 7 nitrogen and oxygen atoms in total. The molecule has 0 unspecified atom stereocenters. The van der Waals surface area contributed by atoms with Gasteiger partial charge in [-0.3, -0.25) is 4.79 Å². The largest absolute Gasteiger partial charge is 0.508 e. The van der Waals surface area contributed by atoms with Crippen molar-refractivity contribution in [1.82, 2.24) is 4.57 Å². The monoisotopic (exact) mass is 361 g/mol. The highest BCUT2D eigenvalue weighted by Crippen LogP contribution is 2.41. The van der Waals surface area contributed by atoms with Gasteiger partial charge in [-0.05, 0) is 31.2 Å². The smallest absolute Gasteiger partial charge is 0.253 e. The summed E-state index contributed by atoms with van der Waals surface area (Å²) in [4.78, 5) is 14.3. The van der Waals surface area contributed by atoms with E-state index >= 15 is 0 Å². The zero-order chi connectivity index (χ0) is 19.3. The molecule has 1 aliphatic heterocycles. The van der Waals surface area contributed by atoms with Crippen LogP contribution in [0.3, 0.4) is 0 Å². The molecule has 27 heavy (non-hydrogen) atoms. The third kappa shape index (κ3) is 2.58. The summed E-state index contributed by atoms with van der Waals surface area (Å²) in [7, 11) is 1.69. The fourth-order valence-electron chi connectivity index (χ4n) is 3.66. The first-order valence-electron chi connectivity index (χ1n) is 8.58. The number of anilines is 3. The molecule has 0 spiro atoms. The van der Waals surface area contributed by atoms with E-state index in [0.717, 1.165) is 22.4 Å². The summed E-state index contributed by atoms with van der Waals surface area (Å²) in [6.45, 7) is 2.94. The molecule has 1 aromatic heterocycles. The highest BCUT2D eigenvalue weighted by Gasteiger charge is 2.25. The number of phenolic OH excluding ortho intramolecular Hbond substituents is 1. The minimum Gasteiger partial charge on any atom is -0.508 e. The number of nitriles is 1. The van der Waals surface area contributed by atoms with Crippen molar-refractivity contribution in [2.24, 2.45) is 12.9 Å². The van der Waals surface area contributed by atoms with Crippen molar-refractivity contribution in [3.63, 3.8) is 0 Å². The number of fused-ring (bicyclic) bond motifs is 2. The Hall–Kier alpha value is -3.50. The maximum atomic E-state index is 12.3. The van der Waals surface area contributed by atoms with Crippen LogP contribution < -0.4 is 21.3 Å². The van der Waals surface area contributed by atoms with E-state index in [9.17, 15) is 15.2 Å². The lowest BCUT2D eigenvalue weighted by Crippen LogP contribution is -2.43. The van der Waals surface area contributed by atoms with Crippen molar-refractivity contribution in [2.45, 2.75) is 6.92 Å². The molecule has 2 aromatic carbocycles. The van der Waals surface area contributed by atoms with Gasteiger partial charge in [0, 0.05) is 36.7 Å². The van der Waals surface area contributed by atoms with E-state index in [-0.39, 0.29) is 11.3 Å². The second-order valence-electron chi connectivity index (χ2n) is 6.75. The first kappa shape index (κ1) is 16.9. The van der Waals surface area contributed by atoms with E-state index < -0.39 is 0 Å². The van der Waals surface area contributed by atoms with Gasteiger partial charge in [0.15, 0.2) is 0 Å². The number of aromatic hydroxyl groups is 1. The van der Waals surface area contributed by atoms with E-state index in [1.807, 2.05) is 17.0 Å². The van der Waals surface area contributed by atoms with Crippen molar-refractivity contribution in [1.29, 1.82) is 5.26 Å². The van der Waals surface area contributed by atoms with Gasteiger partial charge in [-0.1, -0.05) is 0 Å². The molecule has 136 valence electrons. The molecule has 0 fully saturated rings. The van der Waals surface area contributed by atoms with Crippen molar-refractivity contribution < 1.29 is 5.11 Å². The number of aromatic nitrogens is 1. The molecule has 3 N–H and O–H groups in total. The SMILES string of the molecule is Cc1cc2c(N3CCN(N)c4ccc(C#N)cc43)cc(O)cc2n(C)c1=O. The maximum absolute atomic E-state index is 12.3. The van der Waals surface area contributed by atoms with Gasteiger partial charge in [0.2, 0.25) is 0 Å². The molecule has 0 radical (unpaired) electrons. The van der Waals surface area contributed by atoms with Crippen LogP contribution in [0.4, 0.5) is 17.1 Å². The second-order valence-corrected chi connectivity index (χ2v) is 6.75. The molecule has 0 atom stereocenters. The first-order chi connectivity index (χ1) is 12.9. The Morgan fingerprint density at radius 3 is 2.63 bits per heavy atom. The van der Waals surface area contributed by atoms with Gasteiger partial charge in [0.1, 0.15) is 5.75 Å². The third-order valence-electron chi connectivity index (χ3n) is 5.05. The quantitative estimate of drug-likeness (QED) is 0.645. The summed E-state index contributed by atoms with van der Waals surface area (Å²) in [5, 5.41) is 22.1. The average Bonchev–Trinajstić information content (AvgIpc) is 2.66. The standard InChI is InChI=1S/C20H19N5O2/c1-12-7-15-17(23(2)20(12)27)9-14(26)10-18(15)24-5-6-25(22)16-4-3-13(11-21)8-19(16)24/h3-4,7-10,26H,5-6,22H2,1-2H3. The Morgan fingerprint density at radius 2 is 1.89 bits per heavy atom. The second kappa shape index (κ2) is 6.04. The Kier molecular flexibility index (Phi) is 3.79. The number of benzene rings is 2. The maximum Gasteiger partial charge on any atom is 0.253 e. The minimum atomic E-state index is -0.0991. The van der Waals surface area contributed by atoms with Crippen LogP contribution in [0.1, 0.15) is 11.1 Å². The number of hydrazine groups is 1. The molecule has 0 saturated carbocycles. The van der Waals surface area contributed by atoms with Crippen LogP contribution in [-0.2, 0) is 7.05 Å². The number of aryl methyl sites for hydroxylation is 2. The fourth-order valence-corrected chi connectivity index (χ4v) is 3.66. The van der Waals surface area contributed by atoms with Crippen LogP contribution in [0, 0.1) is 18.3 Å². The molecule has 2 heterocycles. The Balaban J connectivity index is 2.03. The van der Waals surface area contributed by atoms with Gasteiger partial charge in [-0.25, -0.2) is 5.84 Å². The van der Waals surface area contributed by atoms with Gasteiger partial charge in [0.25, 0.3) is 5.56 Å². The van der Waals surface area contributed by atoms with E-state index in [0.29, 0.717) is 29.7 Å². The average molecular weight is 361 g/mol. The highest BCUT2D eigenvalue weighted by atomic mass is 16.3. The van der Waals surface area contributed by atoms with E-state index in [2.05, 4.69) is 6.07 Å². The molecule has 1 aliphatic rings. The number of nitrogens with two attached hydrogens (primary N) is 1. The summed E-state index contributed by atoms with van der Waals surface area (Å²) in [6.07, 6.45) is 0. The van der Waals surface area contributed by atoms with Gasteiger partial charge in [-0.2, -0.15) is 5.26 Å². The minimum absolute atomic E-state index is 0.0736. The summed E-state index contributed by atoms with van der Waals surface area (Å²) >= 11 is 0. The summed E-state index contributed by atoms with van der Waals surface area (Å²) < 4.78 is 1.54. The predicted molar refractivity (Wildman–Crippen MR) is 105 cm³/mol. The fraction of sp³-hybridized carbons (Fsp3) is 0.200.